The lowest BCUT2D eigenvalue weighted by Gasteiger charge is -2.42. The van der Waals surface area contributed by atoms with Crippen LogP contribution in [0.4, 0.5) is 0 Å². The summed E-state index contributed by atoms with van der Waals surface area (Å²) in [6.45, 7) is 10.1. The number of hydrogen-bond donors (Lipinski definition) is 0. The van der Waals surface area contributed by atoms with E-state index in [0.29, 0.717) is 17.6 Å². The number of piperazine rings is 1. The van der Waals surface area contributed by atoms with E-state index in [2.05, 4.69) is 40.7 Å². The first kappa shape index (κ1) is 18.4. The van der Waals surface area contributed by atoms with Crippen molar-refractivity contribution in [1.29, 1.82) is 0 Å². The number of fused-ring (bicyclic) bond motifs is 1. The third-order valence-electron chi connectivity index (χ3n) is 6.02. The van der Waals surface area contributed by atoms with Crippen molar-refractivity contribution >= 4 is 17.1 Å². The second-order valence-electron chi connectivity index (χ2n) is 8.17. The predicted octanol–water partition coefficient (Wildman–Crippen LogP) is 1.86. The molecule has 0 saturated carbocycles. The van der Waals surface area contributed by atoms with Crippen LogP contribution in [0.25, 0.3) is 11.2 Å². The van der Waals surface area contributed by atoms with Gasteiger partial charge in [0, 0.05) is 44.5 Å². The summed E-state index contributed by atoms with van der Waals surface area (Å²) in [6, 6.07) is 2.86. The summed E-state index contributed by atoms with van der Waals surface area (Å²) in [5.74, 6) is 0.0755. The Labute approximate surface area is 161 Å². The first-order valence-electron chi connectivity index (χ1n) is 10.1. The molecule has 2 aromatic rings. The lowest BCUT2D eigenvalue weighted by molar-refractivity contribution is 0.0475. The quantitative estimate of drug-likeness (QED) is 0.825. The van der Waals surface area contributed by atoms with E-state index in [-0.39, 0.29) is 5.91 Å². The smallest absolute Gasteiger partial charge is 0.255 e. The number of hydrogen-bond acceptors (Lipinski definition) is 5. The van der Waals surface area contributed by atoms with E-state index in [1.54, 1.807) is 12.5 Å². The lowest BCUT2D eigenvalue weighted by atomic mass is 10.0. The molecule has 2 aliphatic heterocycles. The average molecular weight is 371 g/mol. The van der Waals surface area contributed by atoms with Crippen molar-refractivity contribution in [1.82, 2.24) is 29.2 Å². The number of likely N-dealkylation sites (tertiary alicyclic amines) is 1. The molecule has 2 fully saturated rings. The van der Waals surface area contributed by atoms with Gasteiger partial charge in [-0.25, -0.2) is 9.97 Å². The van der Waals surface area contributed by atoms with E-state index in [1.807, 2.05) is 15.5 Å². The Balaban J connectivity index is 1.40. The third-order valence-corrected chi connectivity index (χ3v) is 6.02. The fraction of sp³-hybridized carbons (Fsp3) is 0.650. The summed E-state index contributed by atoms with van der Waals surface area (Å²) in [6.07, 6.45) is 5.98. The van der Waals surface area contributed by atoms with Crippen LogP contribution >= 0.6 is 0 Å². The van der Waals surface area contributed by atoms with Gasteiger partial charge in [0.25, 0.3) is 5.91 Å². The van der Waals surface area contributed by atoms with Crippen LogP contribution in [0.1, 0.15) is 43.1 Å². The Kier molecular flexibility index (Phi) is 5.14. The number of nitrogens with zero attached hydrogens (tertiary/aromatic N) is 6. The molecular weight excluding hydrogens is 340 g/mol. The molecule has 0 aromatic carbocycles. The molecule has 7 heteroatoms. The SMILES string of the molecule is CC(C)n1cnc2cc(C(=O)N3CCN(C4CCN(C)CC4)CC3)cnc21. The highest BCUT2D eigenvalue weighted by atomic mass is 16.2. The summed E-state index contributed by atoms with van der Waals surface area (Å²) in [7, 11) is 2.20. The van der Waals surface area contributed by atoms with E-state index in [0.717, 1.165) is 37.3 Å². The standard InChI is InChI=1S/C20H30N6O/c1-15(2)26-14-22-18-12-16(13-21-19(18)26)20(27)25-10-8-24(9-11-25)17-4-6-23(3)7-5-17/h12-15,17H,4-11H2,1-3H3. The van der Waals surface area contributed by atoms with E-state index >= 15 is 0 Å². The molecule has 27 heavy (non-hydrogen) atoms. The zero-order chi connectivity index (χ0) is 19.0. The zero-order valence-corrected chi connectivity index (χ0v) is 16.6. The number of carbonyl (C=O) groups is 1. The molecule has 1 amide bonds. The molecule has 0 atom stereocenters. The van der Waals surface area contributed by atoms with Crippen molar-refractivity contribution in [3.63, 3.8) is 0 Å². The van der Waals surface area contributed by atoms with Crippen LogP contribution in [0.3, 0.4) is 0 Å². The van der Waals surface area contributed by atoms with Gasteiger partial charge in [0.05, 0.1) is 11.9 Å². The first-order valence-corrected chi connectivity index (χ1v) is 10.1. The Bertz CT molecular complexity index is 800. The molecular formula is C20H30N6O. The van der Waals surface area contributed by atoms with Crippen molar-refractivity contribution in [3.8, 4) is 0 Å². The summed E-state index contributed by atoms with van der Waals surface area (Å²) in [4.78, 5) is 28.8. The molecule has 0 N–H and O–H groups in total. The number of rotatable bonds is 3. The van der Waals surface area contributed by atoms with Crippen molar-refractivity contribution in [2.24, 2.45) is 0 Å². The fourth-order valence-corrected chi connectivity index (χ4v) is 4.25. The molecule has 0 bridgehead atoms. The maximum absolute atomic E-state index is 12.9. The Hall–Kier alpha value is -1.99. The van der Waals surface area contributed by atoms with Gasteiger partial charge in [-0.15, -0.1) is 0 Å². The average Bonchev–Trinajstić information content (AvgIpc) is 3.12. The van der Waals surface area contributed by atoms with E-state index in [4.69, 9.17) is 0 Å². The summed E-state index contributed by atoms with van der Waals surface area (Å²) >= 11 is 0. The van der Waals surface area contributed by atoms with Crippen molar-refractivity contribution in [3.05, 3.63) is 24.2 Å². The maximum Gasteiger partial charge on any atom is 0.255 e. The van der Waals surface area contributed by atoms with Crippen molar-refractivity contribution < 1.29 is 4.79 Å². The predicted molar refractivity (Wildman–Crippen MR) is 106 cm³/mol. The van der Waals surface area contributed by atoms with Crippen molar-refractivity contribution in [2.75, 3.05) is 46.3 Å². The molecule has 2 aromatic heterocycles. The van der Waals surface area contributed by atoms with Crippen LogP contribution in [0.2, 0.25) is 0 Å². The van der Waals surface area contributed by atoms with Gasteiger partial charge < -0.3 is 14.4 Å². The van der Waals surface area contributed by atoms with Crippen LogP contribution in [-0.4, -0.2) is 87.5 Å². The van der Waals surface area contributed by atoms with Crippen LogP contribution in [0, 0.1) is 0 Å². The topological polar surface area (TPSA) is 57.5 Å². The van der Waals surface area contributed by atoms with E-state index in [9.17, 15) is 4.79 Å². The van der Waals surface area contributed by atoms with Gasteiger partial charge in [-0.3, -0.25) is 9.69 Å². The molecule has 4 rings (SSSR count). The van der Waals surface area contributed by atoms with Crippen molar-refractivity contribution in [2.45, 2.75) is 38.8 Å². The van der Waals surface area contributed by atoms with Gasteiger partial charge in [0.15, 0.2) is 5.65 Å². The third kappa shape index (κ3) is 3.71. The number of piperidine rings is 1. The van der Waals surface area contributed by atoms with Crippen LogP contribution in [0.15, 0.2) is 18.6 Å². The number of pyridine rings is 1. The number of carbonyl (C=O) groups excluding carboxylic acids is 1. The molecule has 2 aliphatic rings. The molecule has 0 spiro atoms. The Morgan fingerprint density at radius 1 is 1.07 bits per heavy atom. The van der Waals surface area contributed by atoms with Crippen LogP contribution in [0.5, 0.6) is 0 Å². The molecule has 146 valence electrons. The molecule has 0 aliphatic carbocycles. The first-order chi connectivity index (χ1) is 13.0. The molecule has 7 nitrogen and oxygen atoms in total. The van der Waals surface area contributed by atoms with Gasteiger partial charge in [-0.1, -0.05) is 0 Å². The highest BCUT2D eigenvalue weighted by Crippen LogP contribution is 2.20. The normalized spacial score (nSPS) is 20.7. The number of aromatic nitrogens is 3. The molecule has 2 saturated heterocycles. The highest BCUT2D eigenvalue weighted by molar-refractivity contribution is 5.96. The van der Waals surface area contributed by atoms with Crippen LogP contribution in [-0.2, 0) is 0 Å². The minimum absolute atomic E-state index is 0.0755. The molecule has 0 unspecified atom stereocenters. The van der Waals surface area contributed by atoms with Gasteiger partial charge in [0.1, 0.15) is 5.52 Å². The van der Waals surface area contributed by atoms with Gasteiger partial charge in [-0.05, 0) is 52.9 Å². The second-order valence-corrected chi connectivity index (χ2v) is 8.17. The highest BCUT2D eigenvalue weighted by Gasteiger charge is 2.28. The molecule has 4 heterocycles. The number of imidazole rings is 1. The largest absolute Gasteiger partial charge is 0.336 e. The Morgan fingerprint density at radius 2 is 1.78 bits per heavy atom. The molecule has 0 radical (unpaired) electrons. The van der Waals surface area contributed by atoms with Crippen LogP contribution < -0.4 is 0 Å². The minimum Gasteiger partial charge on any atom is -0.336 e. The lowest BCUT2D eigenvalue weighted by Crippen LogP contribution is -2.54. The van der Waals surface area contributed by atoms with Gasteiger partial charge >= 0.3 is 0 Å². The summed E-state index contributed by atoms with van der Waals surface area (Å²) < 4.78 is 2.03. The summed E-state index contributed by atoms with van der Waals surface area (Å²) in [5.41, 5.74) is 2.28. The summed E-state index contributed by atoms with van der Waals surface area (Å²) in [5, 5.41) is 0. The van der Waals surface area contributed by atoms with E-state index in [1.165, 1.54) is 25.9 Å². The zero-order valence-electron chi connectivity index (χ0n) is 16.6. The monoisotopic (exact) mass is 370 g/mol. The second kappa shape index (κ2) is 7.56. The number of amides is 1. The van der Waals surface area contributed by atoms with E-state index < -0.39 is 0 Å². The maximum atomic E-state index is 12.9. The Morgan fingerprint density at radius 3 is 2.44 bits per heavy atom. The fourth-order valence-electron chi connectivity index (χ4n) is 4.25. The van der Waals surface area contributed by atoms with Gasteiger partial charge in [0.2, 0.25) is 0 Å². The minimum atomic E-state index is 0.0755. The van der Waals surface area contributed by atoms with Gasteiger partial charge in [-0.2, -0.15) is 0 Å².